The lowest BCUT2D eigenvalue weighted by Crippen LogP contribution is -2.58. The number of nitrogens with zero attached hydrogens (tertiary/aromatic N) is 4. The van der Waals surface area contributed by atoms with E-state index >= 15 is 0 Å². The number of H-pyrrole nitrogens is 3. The maximum Gasteiger partial charge on any atom is 0.326 e. The van der Waals surface area contributed by atoms with Gasteiger partial charge in [-0.1, -0.05) is 0 Å². The van der Waals surface area contributed by atoms with E-state index in [-0.39, 0.29) is 44.6 Å². The summed E-state index contributed by atoms with van der Waals surface area (Å²) < 4.78 is 0. The summed E-state index contributed by atoms with van der Waals surface area (Å²) in [6, 6.07) is -4.65. The maximum absolute atomic E-state index is 13.5. The summed E-state index contributed by atoms with van der Waals surface area (Å²) in [4.78, 5) is 75.7. The van der Waals surface area contributed by atoms with E-state index in [1.54, 1.807) is 0 Å². The van der Waals surface area contributed by atoms with Gasteiger partial charge in [-0.3, -0.25) is 19.4 Å². The van der Waals surface area contributed by atoms with Crippen LogP contribution >= 0.6 is 0 Å². The van der Waals surface area contributed by atoms with E-state index in [2.05, 4.69) is 50.8 Å². The Kier molecular flexibility index (Phi) is 11.5. The lowest BCUT2D eigenvalue weighted by atomic mass is 10.1. The van der Waals surface area contributed by atoms with Gasteiger partial charge >= 0.3 is 5.97 Å². The molecule has 0 aliphatic rings. The molecule has 3 aromatic heterocycles. The van der Waals surface area contributed by atoms with Crippen molar-refractivity contribution in [1.29, 1.82) is 0 Å². The van der Waals surface area contributed by atoms with E-state index in [4.69, 9.17) is 17.2 Å². The van der Waals surface area contributed by atoms with Gasteiger partial charge in [-0.05, 0) is 12.8 Å². The van der Waals surface area contributed by atoms with Crippen LogP contribution in [0, 0.1) is 0 Å². The first-order valence-corrected chi connectivity index (χ1v) is 13.0. The van der Waals surface area contributed by atoms with Crippen LogP contribution in [-0.2, 0) is 38.4 Å². The zero-order valence-corrected chi connectivity index (χ0v) is 22.6. The Labute approximate surface area is 239 Å². The van der Waals surface area contributed by atoms with E-state index in [1.807, 2.05) is 0 Å². The lowest BCUT2D eigenvalue weighted by molar-refractivity contribution is -0.142. The highest BCUT2D eigenvalue weighted by Crippen LogP contribution is 2.06. The molecule has 18 nitrogen and oxygen atoms in total. The summed E-state index contributed by atoms with van der Waals surface area (Å²) in [7, 11) is 0. The zero-order chi connectivity index (χ0) is 30.5. The van der Waals surface area contributed by atoms with Crippen molar-refractivity contribution in [2.24, 2.45) is 22.2 Å². The quantitative estimate of drug-likeness (QED) is 0.0427. The predicted octanol–water partition coefficient (Wildman–Crippen LogP) is -3.20. The topological polar surface area (TPSA) is 301 Å². The number of amides is 3. The van der Waals surface area contributed by atoms with Crippen molar-refractivity contribution in [1.82, 2.24) is 45.9 Å². The summed E-state index contributed by atoms with van der Waals surface area (Å²) in [5.41, 5.74) is 18.3. The van der Waals surface area contributed by atoms with Crippen LogP contribution in [0.1, 0.15) is 29.9 Å². The lowest BCUT2D eigenvalue weighted by Gasteiger charge is -2.25. The number of carbonyl (C=O) groups excluding carboxylic acids is 3. The van der Waals surface area contributed by atoms with E-state index in [1.165, 1.54) is 37.6 Å². The number of aromatic amines is 3. The summed E-state index contributed by atoms with van der Waals surface area (Å²) >= 11 is 0. The fourth-order valence-electron chi connectivity index (χ4n) is 3.96. The third-order valence-corrected chi connectivity index (χ3v) is 6.12. The van der Waals surface area contributed by atoms with Crippen LogP contribution in [0.25, 0.3) is 0 Å². The summed E-state index contributed by atoms with van der Waals surface area (Å²) in [6.07, 6.45) is 9.21. The van der Waals surface area contributed by atoms with Crippen molar-refractivity contribution in [3.05, 3.63) is 54.7 Å². The molecule has 0 aliphatic heterocycles. The zero-order valence-electron chi connectivity index (χ0n) is 22.6. The molecule has 0 fully saturated rings. The molecule has 0 saturated heterocycles. The van der Waals surface area contributed by atoms with Crippen molar-refractivity contribution in [3.8, 4) is 0 Å². The van der Waals surface area contributed by atoms with Crippen LogP contribution in [0.3, 0.4) is 0 Å². The smallest absolute Gasteiger partial charge is 0.326 e. The molecular weight excluding hydrogens is 550 g/mol. The third kappa shape index (κ3) is 10.0. The van der Waals surface area contributed by atoms with Gasteiger partial charge < -0.3 is 53.2 Å². The van der Waals surface area contributed by atoms with Gasteiger partial charge in [0.1, 0.15) is 18.1 Å². The molecule has 3 rings (SSSR count). The highest BCUT2D eigenvalue weighted by atomic mass is 16.4. The SMILES string of the molecule is NC(N)=NCCCC(NC(=O)C(Cc1cnc[nH]1)NC(=O)C(Cc1cnc[nH]1)NC(=O)C(N)Cc1cnc[nH]1)C(=O)O. The highest BCUT2D eigenvalue weighted by Gasteiger charge is 2.31. The summed E-state index contributed by atoms with van der Waals surface area (Å²) in [5, 5.41) is 17.4. The Morgan fingerprint density at radius 2 is 1.21 bits per heavy atom. The maximum atomic E-state index is 13.5. The molecular formula is C24H35N13O5. The number of guanidine groups is 1. The molecule has 3 aromatic rings. The Morgan fingerprint density at radius 3 is 1.64 bits per heavy atom. The number of hydrogen-bond donors (Lipinski definition) is 10. The van der Waals surface area contributed by atoms with Gasteiger partial charge in [0, 0.05) is 61.5 Å². The van der Waals surface area contributed by atoms with Crippen molar-refractivity contribution in [2.75, 3.05) is 6.54 Å². The molecule has 4 atom stereocenters. The standard InChI is InChI=1S/C24H35N13O5/c25-16(4-13-7-28-10-32-13)20(38)36-18(5-14-8-29-11-33-14)22(40)37-19(6-15-9-30-12-34-15)21(39)35-17(23(41)42)2-1-3-31-24(26)27/h7-12,16-19H,1-6,25H2,(H,28,32)(H,29,33)(H,30,34)(H,35,39)(H,36,38)(H,37,40)(H,41,42)(H4,26,27,31). The number of carbonyl (C=O) groups is 4. The predicted molar refractivity (Wildman–Crippen MR) is 148 cm³/mol. The molecule has 0 aromatic carbocycles. The van der Waals surface area contributed by atoms with E-state index < -0.39 is 47.9 Å². The fraction of sp³-hybridized carbons (Fsp3) is 0.417. The first-order valence-electron chi connectivity index (χ1n) is 13.0. The molecule has 0 saturated carbocycles. The van der Waals surface area contributed by atoms with Gasteiger partial charge in [0.15, 0.2) is 5.96 Å². The molecule has 0 radical (unpaired) electrons. The normalized spacial score (nSPS) is 13.7. The molecule has 3 amide bonds. The first-order chi connectivity index (χ1) is 20.1. The van der Waals surface area contributed by atoms with Crippen LogP contribution in [0.15, 0.2) is 42.6 Å². The average molecular weight is 586 g/mol. The number of nitrogens with two attached hydrogens (primary N) is 3. The number of rotatable bonds is 17. The van der Waals surface area contributed by atoms with Gasteiger partial charge in [-0.15, -0.1) is 0 Å². The molecule has 42 heavy (non-hydrogen) atoms. The second-order valence-electron chi connectivity index (χ2n) is 9.42. The molecule has 18 heteroatoms. The van der Waals surface area contributed by atoms with Crippen LogP contribution in [0.4, 0.5) is 0 Å². The second-order valence-corrected chi connectivity index (χ2v) is 9.42. The van der Waals surface area contributed by atoms with Crippen molar-refractivity contribution in [2.45, 2.75) is 56.3 Å². The largest absolute Gasteiger partial charge is 0.480 e. The van der Waals surface area contributed by atoms with E-state index in [0.717, 1.165) is 0 Å². The van der Waals surface area contributed by atoms with Gasteiger partial charge in [-0.2, -0.15) is 0 Å². The minimum atomic E-state index is -1.27. The Hall–Kier alpha value is -5.26. The Balaban J connectivity index is 1.74. The van der Waals surface area contributed by atoms with Crippen molar-refractivity contribution >= 4 is 29.7 Å². The van der Waals surface area contributed by atoms with Crippen LogP contribution < -0.4 is 33.2 Å². The Bertz CT molecular complexity index is 1300. The van der Waals surface area contributed by atoms with Crippen molar-refractivity contribution < 1.29 is 24.3 Å². The molecule has 13 N–H and O–H groups in total. The number of carboxylic acids is 1. The van der Waals surface area contributed by atoms with Crippen LogP contribution in [0.5, 0.6) is 0 Å². The van der Waals surface area contributed by atoms with E-state index in [0.29, 0.717) is 17.1 Å². The number of imidazole rings is 3. The van der Waals surface area contributed by atoms with Gasteiger partial charge in [-0.25, -0.2) is 19.7 Å². The molecule has 226 valence electrons. The van der Waals surface area contributed by atoms with Crippen LogP contribution in [-0.4, -0.2) is 95.4 Å². The molecule has 4 unspecified atom stereocenters. The van der Waals surface area contributed by atoms with Crippen molar-refractivity contribution in [3.63, 3.8) is 0 Å². The van der Waals surface area contributed by atoms with Crippen LogP contribution in [0.2, 0.25) is 0 Å². The number of hydrogen-bond acceptors (Lipinski definition) is 9. The van der Waals surface area contributed by atoms with Gasteiger partial charge in [0.25, 0.3) is 0 Å². The number of aliphatic carboxylic acids is 1. The molecule has 0 bridgehead atoms. The first kappa shape index (κ1) is 31.3. The number of aromatic nitrogens is 6. The summed E-state index contributed by atoms with van der Waals surface area (Å²) in [5.74, 6) is -3.46. The average Bonchev–Trinajstić information content (AvgIpc) is 3.74. The van der Waals surface area contributed by atoms with Gasteiger partial charge in [0.2, 0.25) is 17.7 Å². The number of nitrogens with one attached hydrogen (secondary N) is 6. The molecule has 0 aliphatic carbocycles. The third-order valence-electron chi connectivity index (χ3n) is 6.12. The van der Waals surface area contributed by atoms with Gasteiger partial charge in [0.05, 0.1) is 25.0 Å². The molecule has 0 spiro atoms. The monoisotopic (exact) mass is 585 g/mol. The Morgan fingerprint density at radius 1 is 0.762 bits per heavy atom. The number of carboxylic acid groups (broad SMARTS) is 1. The second kappa shape index (κ2) is 15.5. The minimum Gasteiger partial charge on any atom is -0.480 e. The highest BCUT2D eigenvalue weighted by molar-refractivity contribution is 5.94. The number of aliphatic imine (C=N–C) groups is 1. The fourth-order valence-corrected chi connectivity index (χ4v) is 3.96. The van der Waals surface area contributed by atoms with E-state index in [9.17, 15) is 24.3 Å². The summed E-state index contributed by atoms with van der Waals surface area (Å²) in [6.45, 7) is 0.174. The molecule has 3 heterocycles. The minimum absolute atomic E-state index is 0.00922.